The minimum absolute atomic E-state index is 0.348. The van der Waals surface area contributed by atoms with Gasteiger partial charge in [0.1, 0.15) is 5.60 Å². The molecule has 0 aromatic heterocycles. The summed E-state index contributed by atoms with van der Waals surface area (Å²) in [5.74, 6) is 0. The van der Waals surface area contributed by atoms with E-state index in [0.29, 0.717) is 6.04 Å². The fraction of sp³-hybridized carbons (Fsp3) is 0.938. The minimum Gasteiger partial charge on any atom is -0.443 e. The van der Waals surface area contributed by atoms with E-state index in [2.05, 4.69) is 24.7 Å². The second-order valence-corrected chi connectivity index (χ2v) is 6.46. The van der Waals surface area contributed by atoms with E-state index >= 15 is 0 Å². The number of carbonyl (C=O) groups is 1. The second kappa shape index (κ2) is 11.0. The molecule has 0 radical (unpaired) electrons. The van der Waals surface area contributed by atoms with E-state index in [-0.39, 0.29) is 0 Å². The summed E-state index contributed by atoms with van der Waals surface area (Å²) < 4.78 is 5.23. The molecule has 0 aromatic carbocycles. The lowest BCUT2D eigenvalue weighted by Crippen LogP contribution is -2.46. The largest absolute Gasteiger partial charge is 0.443 e. The average molecular weight is 286 g/mol. The van der Waals surface area contributed by atoms with Gasteiger partial charge in [0.05, 0.1) is 0 Å². The van der Waals surface area contributed by atoms with E-state index in [4.69, 9.17) is 4.74 Å². The highest BCUT2D eigenvalue weighted by molar-refractivity contribution is 5.67. The van der Waals surface area contributed by atoms with Crippen LogP contribution in [0.5, 0.6) is 0 Å². The monoisotopic (exact) mass is 286 g/mol. The lowest BCUT2D eigenvalue weighted by Gasteiger charge is -2.23. The summed E-state index contributed by atoms with van der Waals surface area (Å²) in [5, 5.41) is 0. The first-order valence-electron chi connectivity index (χ1n) is 8.13. The molecule has 0 aliphatic heterocycles. The molecule has 0 spiro atoms. The lowest BCUT2D eigenvalue weighted by molar-refractivity contribution is 0.0484. The fourth-order valence-electron chi connectivity index (χ4n) is 2.03. The molecule has 0 fully saturated rings. The van der Waals surface area contributed by atoms with Crippen molar-refractivity contribution in [3.63, 3.8) is 0 Å². The molecule has 0 aliphatic carbocycles. The molecule has 0 heterocycles. The molecular formula is C16H34N2O2. The molecule has 0 rings (SSSR count). The van der Waals surface area contributed by atoms with E-state index in [9.17, 15) is 4.79 Å². The molecule has 0 saturated carbocycles. The number of ether oxygens (including phenoxy) is 1. The van der Waals surface area contributed by atoms with Crippen molar-refractivity contribution in [2.45, 2.75) is 97.6 Å². The van der Waals surface area contributed by atoms with Gasteiger partial charge in [0, 0.05) is 6.04 Å². The Morgan fingerprint density at radius 3 is 1.90 bits per heavy atom. The van der Waals surface area contributed by atoms with Crippen LogP contribution in [0.25, 0.3) is 0 Å². The van der Waals surface area contributed by atoms with Gasteiger partial charge in [-0.3, -0.25) is 5.43 Å². The van der Waals surface area contributed by atoms with Crippen molar-refractivity contribution in [3.05, 3.63) is 0 Å². The van der Waals surface area contributed by atoms with E-state index in [1.807, 2.05) is 20.8 Å². The van der Waals surface area contributed by atoms with Gasteiger partial charge < -0.3 is 4.74 Å². The highest BCUT2D eigenvalue weighted by atomic mass is 16.6. The molecular weight excluding hydrogens is 252 g/mol. The summed E-state index contributed by atoms with van der Waals surface area (Å²) in [5.41, 5.74) is 5.36. The van der Waals surface area contributed by atoms with Gasteiger partial charge in [-0.1, -0.05) is 52.4 Å². The summed E-state index contributed by atoms with van der Waals surface area (Å²) in [6.45, 7) is 10.0. The number of hydrogen-bond acceptors (Lipinski definition) is 3. The number of carbonyl (C=O) groups excluding carboxylic acids is 1. The first kappa shape index (κ1) is 19.2. The topological polar surface area (TPSA) is 50.4 Å². The predicted octanol–water partition coefficient (Wildman–Crippen LogP) is 4.54. The Morgan fingerprint density at radius 1 is 1.00 bits per heavy atom. The van der Waals surface area contributed by atoms with Crippen LogP contribution < -0.4 is 10.9 Å². The third kappa shape index (κ3) is 12.3. The Balaban J connectivity index is 4.02. The van der Waals surface area contributed by atoms with Crippen LogP contribution in [0, 0.1) is 0 Å². The van der Waals surface area contributed by atoms with Gasteiger partial charge in [-0.2, -0.15) is 0 Å². The van der Waals surface area contributed by atoms with Gasteiger partial charge >= 0.3 is 6.09 Å². The van der Waals surface area contributed by atoms with Crippen LogP contribution in [0.3, 0.4) is 0 Å². The standard InChI is InChI=1S/C16H34N2O2/c1-6-8-10-12-14(13-11-9-7-2)17-18-15(19)20-16(3,4)5/h14,17H,6-13H2,1-5H3,(H,18,19). The highest BCUT2D eigenvalue weighted by Crippen LogP contribution is 2.11. The molecule has 0 saturated heterocycles. The average Bonchev–Trinajstić information content (AvgIpc) is 2.33. The van der Waals surface area contributed by atoms with Crippen LogP contribution in [0.15, 0.2) is 0 Å². The SMILES string of the molecule is CCCCCC(CCCCC)NNC(=O)OC(C)(C)C. The van der Waals surface area contributed by atoms with Crippen molar-refractivity contribution in [2.75, 3.05) is 0 Å². The number of unbranched alkanes of at least 4 members (excludes halogenated alkanes) is 4. The van der Waals surface area contributed by atoms with Crippen molar-refractivity contribution in [2.24, 2.45) is 0 Å². The minimum atomic E-state index is -0.453. The van der Waals surface area contributed by atoms with Crippen LogP contribution in [0.1, 0.15) is 86.0 Å². The maximum Gasteiger partial charge on any atom is 0.422 e. The molecule has 120 valence electrons. The van der Waals surface area contributed by atoms with Crippen molar-refractivity contribution >= 4 is 6.09 Å². The van der Waals surface area contributed by atoms with Crippen LogP contribution in [0.2, 0.25) is 0 Å². The van der Waals surface area contributed by atoms with Crippen molar-refractivity contribution in [1.82, 2.24) is 10.9 Å². The van der Waals surface area contributed by atoms with E-state index in [0.717, 1.165) is 12.8 Å². The predicted molar refractivity (Wildman–Crippen MR) is 84.6 cm³/mol. The zero-order chi connectivity index (χ0) is 15.4. The van der Waals surface area contributed by atoms with E-state index in [1.165, 1.54) is 38.5 Å². The van der Waals surface area contributed by atoms with Gasteiger partial charge in [-0.15, -0.1) is 0 Å². The van der Waals surface area contributed by atoms with E-state index < -0.39 is 11.7 Å². The number of amides is 1. The Hall–Kier alpha value is -0.770. The first-order valence-corrected chi connectivity index (χ1v) is 8.13. The molecule has 4 nitrogen and oxygen atoms in total. The first-order chi connectivity index (χ1) is 9.39. The third-order valence-electron chi connectivity index (χ3n) is 3.09. The Kier molecular flexibility index (Phi) is 10.5. The van der Waals surface area contributed by atoms with Gasteiger partial charge in [-0.25, -0.2) is 10.2 Å². The number of hydrazine groups is 1. The Bertz CT molecular complexity index is 239. The van der Waals surface area contributed by atoms with Gasteiger partial charge in [0.2, 0.25) is 0 Å². The number of rotatable bonds is 10. The van der Waals surface area contributed by atoms with Crippen LogP contribution in [0.4, 0.5) is 4.79 Å². The molecule has 1 amide bonds. The Labute approximate surface area is 125 Å². The Morgan fingerprint density at radius 2 is 1.50 bits per heavy atom. The highest BCUT2D eigenvalue weighted by Gasteiger charge is 2.17. The maximum atomic E-state index is 11.6. The second-order valence-electron chi connectivity index (χ2n) is 6.46. The maximum absolute atomic E-state index is 11.6. The summed E-state index contributed by atoms with van der Waals surface area (Å²) in [7, 11) is 0. The molecule has 2 N–H and O–H groups in total. The third-order valence-corrected chi connectivity index (χ3v) is 3.09. The van der Waals surface area contributed by atoms with Crippen molar-refractivity contribution in [1.29, 1.82) is 0 Å². The van der Waals surface area contributed by atoms with Crippen molar-refractivity contribution in [3.8, 4) is 0 Å². The molecule has 4 heteroatoms. The zero-order valence-corrected chi connectivity index (χ0v) is 14.1. The van der Waals surface area contributed by atoms with Crippen LogP contribution in [-0.4, -0.2) is 17.7 Å². The molecule has 0 atom stereocenters. The molecule has 0 bridgehead atoms. The zero-order valence-electron chi connectivity index (χ0n) is 14.1. The van der Waals surface area contributed by atoms with Gasteiger partial charge in [0.15, 0.2) is 0 Å². The quantitative estimate of drug-likeness (QED) is 0.458. The van der Waals surface area contributed by atoms with Crippen LogP contribution in [-0.2, 0) is 4.74 Å². The summed E-state index contributed by atoms with van der Waals surface area (Å²) >= 11 is 0. The van der Waals surface area contributed by atoms with Gasteiger partial charge in [-0.05, 0) is 33.6 Å². The smallest absolute Gasteiger partial charge is 0.422 e. The van der Waals surface area contributed by atoms with Gasteiger partial charge in [0.25, 0.3) is 0 Å². The van der Waals surface area contributed by atoms with Crippen molar-refractivity contribution < 1.29 is 9.53 Å². The molecule has 0 unspecified atom stereocenters. The van der Waals surface area contributed by atoms with Crippen LogP contribution >= 0.6 is 0 Å². The summed E-state index contributed by atoms with van der Waals surface area (Å²) in [4.78, 5) is 11.6. The normalized spacial score (nSPS) is 11.7. The molecule has 20 heavy (non-hydrogen) atoms. The summed E-state index contributed by atoms with van der Waals surface area (Å²) in [6, 6.07) is 0.348. The summed E-state index contributed by atoms with van der Waals surface area (Å²) in [6.07, 6.45) is 9.17. The molecule has 0 aliphatic rings. The number of hydrogen-bond donors (Lipinski definition) is 2. The van der Waals surface area contributed by atoms with E-state index in [1.54, 1.807) is 0 Å². The lowest BCUT2D eigenvalue weighted by atomic mass is 10.0. The number of nitrogens with one attached hydrogen (secondary N) is 2. The fourth-order valence-corrected chi connectivity index (χ4v) is 2.03. The molecule has 0 aromatic rings.